The molecule has 2 unspecified atom stereocenters. The topological polar surface area (TPSA) is 206 Å². The molecule has 12 nitrogen and oxygen atoms in total. The lowest BCUT2D eigenvalue weighted by molar-refractivity contribution is -0.249. The van der Waals surface area contributed by atoms with Crippen molar-refractivity contribution in [1.29, 1.82) is 0 Å². The number of ketones is 2. The summed E-state index contributed by atoms with van der Waals surface area (Å²) in [5.41, 5.74) is 1.96. The molecule has 40 heavy (non-hydrogen) atoms. The van der Waals surface area contributed by atoms with Gasteiger partial charge in [-0.3, -0.25) is 14.4 Å². The fourth-order valence-corrected chi connectivity index (χ4v) is 6.13. The van der Waals surface area contributed by atoms with Gasteiger partial charge in [0.2, 0.25) is 5.78 Å². The lowest BCUT2D eigenvalue weighted by Crippen LogP contribution is -2.52. The standard InChI is InChI=1S/C28H31NO11/c1-4-28(37)9-14(40-15-8-12(29)22(31)10(2)39-15)17-18(21(28)27(36)38-3)26(35)19-20(25(17)34)24(33)16-11(23(19)32)6-5-7-13(16)30/h5-7,10,12,14-15,21-22,30-31,34-35,37H,4,8-9,29H2,1-3H3/t10-,12-,14-,15-,21?,22+,28?/m0/s1. The van der Waals surface area contributed by atoms with Gasteiger partial charge in [-0.05, 0) is 19.4 Å². The third kappa shape index (κ3) is 3.98. The van der Waals surface area contributed by atoms with Crippen LogP contribution in [0.5, 0.6) is 17.2 Å². The summed E-state index contributed by atoms with van der Waals surface area (Å²) >= 11 is 0. The molecule has 2 aromatic carbocycles. The number of rotatable bonds is 4. The predicted octanol–water partition coefficient (Wildman–Crippen LogP) is 1.26. The van der Waals surface area contributed by atoms with Crippen molar-refractivity contribution < 1.29 is 54.1 Å². The highest BCUT2D eigenvalue weighted by Crippen LogP contribution is 2.57. The molecule has 3 aliphatic rings. The van der Waals surface area contributed by atoms with Gasteiger partial charge in [-0.25, -0.2) is 0 Å². The van der Waals surface area contributed by atoms with E-state index in [4.69, 9.17) is 19.9 Å². The summed E-state index contributed by atoms with van der Waals surface area (Å²) in [6.07, 6.45) is -4.24. The molecule has 0 spiro atoms. The summed E-state index contributed by atoms with van der Waals surface area (Å²) in [6.45, 7) is 3.20. The van der Waals surface area contributed by atoms with E-state index < -0.39 is 88.1 Å². The quantitative estimate of drug-likeness (QED) is 0.198. The summed E-state index contributed by atoms with van der Waals surface area (Å²) in [5.74, 6) is -6.33. The minimum absolute atomic E-state index is 0.0207. The highest BCUT2D eigenvalue weighted by Gasteiger charge is 2.54. The molecule has 0 radical (unpaired) electrons. The smallest absolute Gasteiger partial charge is 0.316 e. The molecule has 0 aromatic heterocycles. The Hall–Kier alpha value is -3.55. The summed E-state index contributed by atoms with van der Waals surface area (Å²) in [4.78, 5) is 40.2. The predicted molar refractivity (Wildman–Crippen MR) is 136 cm³/mol. The number of ether oxygens (including phenoxy) is 3. The van der Waals surface area contributed by atoms with Crippen molar-refractivity contribution >= 4 is 17.5 Å². The lowest BCUT2D eigenvalue weighted by atomic mass is 9.66. The average molecular weight is 558 g/mol. The first-order valence-electron chi connectivity index (χ1n) is 12.9. The Morgan fingerprint density at radius 1 is 1.10 bits per heavy atom. The lowest BCUT2D eigenvalue weighted by Gasteiger charge is -2.45. The minimum atomic E-state index is -1.87. The highest BCUT2D eigenvalue weighted by atomic mass is 16.7. The first-order valence-corrected chi connectivity index (χ1v) is 12.9. The molecule has 2 aliphatic carbocycles. The van der Waals surface area contributed by atoms with E-state index in [0.29, 0.717) is 0 Å². The van der Waals surface area contributed by atoms with Crippen LogP contribution in [-0.2, 0) is 19.0 Å². The van der Waals surface area contributed by atoms with E-state index in [1.807, 2.05) is 0 Å². The zero-order valence-electron chi connectivity index (χ0n) is 22.1. The van der Waals surface area contributed by atoms with Crippen molar-refractivity contribution in [3.63, 3.8) is 0 Å². The number of phenols is 3. The van der Waals surface area contributed by atoms with Crippen LogP contribution in [0, 0.1) is 0 Å². The van der Waals surface area contributed by atoms with Crippen LogP contribution < -0.4 is 5.73 Å². The van der Waals surface area contributed by atoms with Gasteiger partial charge in [0.15, 0.2) is 12.1 Å². The SMILES string of the molecule is CCC1(O)C[C@H](O[C@H]2C[C@H](N)[C@H](O)[C@H](C)O2)c2c(O)c3c(c(O)c2C1C(=O)OC)C(=O)c1cccc(O)c1C3=O. The largest absolute Gasteiger partial charge is 0.507 e. The molecule has 0 amide bonds. The van der Waals surface area contributed by atoms with Crippen molar-refractivity contribution in [2.24, 2.45) is 5.73 Å². The maximum atomic E-state index is 13.6. The molecular formula is C28H31NO11. The van der Waals surface area contributed by atoms with Gasteiger partial charge in [0.05, 0.1) is 47.7 Å². The van der Waals surface area contributed by atoms with Crippen LogP contribution in [-0.4, -0.2) is 80.3 Å². The van der Waals surface area contributed by atoms with E-state index >= 15 is 0 Å². The van der Waals surface area contributed by atoms with Crippen molar-refractivity contribution in [2.75, 3.05) is 7.11 Å². The van der Waals surface area contributed by atoms with E-state index in [1.54, 1.807) is 13.8 Å². The number of aliphatic hydroxyl groups is 2. The molecule has 5 rings (SSSR count). The zero-order valence-corrected chi connectivity index (χ0v) is 22.1. The van der Waals surface area contributed by atoms with E-state index in [2.05, 4.69) is 0 Å². The molecule has 0 bridgehead atoms. The summed E-state index contributed by atoms with van der Waals surface area (Å²) < 4.78 is 16.8. The third-order valence-electron chi connectivity index (χ3n) is 8.29. The molecular weight excluding hydrogens is 526 g/mol. The number of aromatic hydroxyl groups is 3. The highest BCUT2D eigenvalue weighted by molar-refractivity contribution is 6.31. The Balaban J connectivity index is 1.76. The van der Waals surface area contributed by atoms with Gasteiger partial charge < -0.3 is 45.5 Å². The Morgan fingerprint density at radius 2 is 1.75 bits per heavy atom. The minimum Gasteiger partial charge on any atom is -0.507 e. The van der Waals surface area contributed by atoms with Gasteiger partial charge >= 0.3 is 5.97 Å². The molecule has 1 saturated heterocycles. The number of phenolic OH excluding ortho intramolecular Hbond substituents is 3. The van der Waals surface area contributed by atoms with Crippen LogP contribution in [0.4, 0.5) is 0 Å². The number of fused-ring (bicyclic) bond motifs is 3. The van der Waals surface area contributed by atoms with E-state index in [0.717, 1.165) is 7.11 Å². The van der Waals surface area contributed by atoms with Crippen LogP contribution in [0.1, 0.15) is 88.1 Å². The number of nitrogens with two attached hydrogens (primary N) is 1. The second kappa shape index (κ2) is 9.82. The molecule has 2 aromatic rings. The number of aliphatic hydroxyl groups excluding tert-OH is 1. The Kier molecular flexibility index (Phi) is 6.87. The Bertz CT molecular complexity index is 1410. The number of carbonyl (C=O) groups excluding carboxylic acids is 3. The monoisotopic (exact) mass is 557 g/mol. The molecule has 1 aliphatic heterocycles. The van der Waals surface area contributed by atoms with Crippen molar-refractivity contribution in [2.45, 2.75) is 75.3 Å². The van der Waals surface area contributed by atoms with Crippen LogP contribution in [0.25, 0.3) is 0 Å². The average Bonchev–Trinajstić information content (AvgIpc) is 2.91. The van der Waals surface area contributed by atoms with Gasteiger partial charge in [0.25, 0.3) is 0 Å². The van der Waals surface area contributed by atoms with E-state index in [1.165, 1.54) is 18.2 Å². The number of hydrogen-bond acceptors (Lipinski definition) is 12. The maximum Gasteiger partial charge on any atom is 0.316 e. The fourth-order valence-electron chi connectivity index (χ4n) is 6.13. The Morgan fingerprint density at radius 3 is 2.38 bits per heavy atom. The number of methoxy groups -OCH3 is 1. The van der Waals surface area contributed by atoms with Gasteiger partial charge in [-0.1, -0.05) is 19.1 Å². The summed E-state index contributed by atoms with van der Waals surface area (Å²) in [6, 6.07) is 3.14. The first-order chi connectivity index (χ1) is 18.9. The van der Waals surface area contributed by atoms with Crippen LogP contribution in [0.2, 0.25) is 0 Å². The van der Waals surface area contributed by atoms with Crippen LogP contribution >= 0.6 is 0 Å². The van der Waals surface area contributed by atoms with Crippen LogP contribution in [0.3, 0.4) is 0 Å². The van der Waals surface area contributed by atoms with Gasteiger partial charge in [-0.2, -0.15) is 0 Å². The van der Waals surface area contributed by atoms with E-state index in [-0.39, 0.29) is 41.5 Å². The summed E-state index contributed by atoms with van der Waals surface area (Å²) in [5, 5.41) is 55.4. The second-order valence-corrected chi connectivity index (χ2v) is 10.5. The number of hydrogen-bond donors (Lipinski definition) is 6. The normalized spacial score (nSPS) is 31.2. The third-order valence-corrected chi connectivity index (χ3v) is 8.29. The maximum absolute atomic E-state index is 13.6. The van der Waals surface area contributed by atoms with Crippen LogP contribution in [0.15, 0.2) is 18.2 Å². The van der Waals surface area contributed by atoms with Crippen molar-refractivity contribution in [1.82, 2.24) is 0 Å². The first kappa shape index (κ1) is 28.0. The Labute approximate surface area is 228 Å². The van der Waals surface area contributed by atoms with Gasteiger partial charge in [-0.15, -0.1) is 0 Å². The molecule has 0 saturated carbocycles. The number of benzene rings is 2. The van der Waals surface area contributed by atoms with Gasteiger partial charge in [0.1, 0.15) is 23.2 Å². The fraction of sp³-hybridized carbons (Fsp3) is 0.464. The zero-order chi connectivity index (χ0) is 29.3. The van der Waals surface area contributed by atoms with E-state index in [9.17, 15) is 39.9 Å². The molecule has 1 heterocycles. The molecule has 12 heteroatoms. The van der Waals surface area contributed by atoms with Gasteiger partial charge in [0, 0.05) is 35.6 Å². The summed E-state index contributed by atoms with van der Waals surface area (Å²) in [7, 11) is 1.09. The van der Waals surface area contributed by atoms with Crippen molar-refractivity contribution in [3.05, 3.63) is 51.6 Å². The molecule has 7 atom stereocenters. The molecule has 1 fully saturated rings. The second-order valence-electron chi connectivity index (χ2n) is 10.5. The number of esters is 1. The molecule has 7 N–H and O–H groups in total. The molecule has 214 valence electrons. The van der Waals surface area contributed by atoms with Crippen molar-refractivity contribution in [3.8, 4) is 17.2 Å². The number of carbonyl (C=O) groups is 3.